The van der Waals surface area contributed by atoms with Gasteiger partial charge in [0.2, 0.25) is 0 Å². The first-order valence-electron chi connectivity index (χ1n) is 5.63. The Bertz CT molecular complexity index is 437. The van der Waals surface area contributed by atoms with Crippen molar-refractivity contribution in [1.82, 2.24) is 5.32 Å². The van der Waals surface area contributed by atoms with Gasteiger partial charge in [-0.05, 0) is 37.5 Å². The van der Waals surface area contributed by atoms with Crippen LogP contribution in [-0.2, 0) is 0 Å². The number of carbonyl (C=O) groups is 1. The first-order chi connectivity index (χ1) is 8.08. The highest BCUT2D eigenvalue weighted by molar-refractivity contribution is 9.10. The molecule has 1 aliphatic carbocycles. The lowest BCUT2D eigenvalue weighted by Gasteiger charge is -2.17. The maximum Gasteiger partial charge on any atom is 0.255 e. The van der Waals surface area contributed by atoms with Crippen molar-refractivity contribution in [1.29, 1.82) is 0 Å². The highest BCUT2D eigenvalue weighted by atomic mass is 79.9. The lowest BCUT2D eigenvalue weighted by Crippen LogP contribution is -2.43. The summed E-state index contributed by atoms with van der Waals surface area (Å²) >= 11 is 3.27. The van der Waals surface area contributed by atoms with Crippen molar-refractivity contribution in [3.63, 3.8) is 0 Å². The number of hydrogen-bond acceptors (Lipinski definition) is 3. The number of amides is 1. The fourth-order valence-electron chi connectivity index (χ4n) is 2.10. The van der Waals surface area contributed by atoms with E-state index in [9.17, 15) is 9.90 Å². The average molecular weight is 299 g/mol. The standard InChI is InChI=1S/C12H15BrN2O2/c13-7-4-5-11(16)8(6-7)12(17)15-10-3-1-2-9(10)14/h4-6,9-10,16H,1-3,14H2,(H,15,17). The first kappa shape index (κ1) is 12.4. The molecule has 1 fully saturated rings. The summed E-state index contributed by atoms with van der Waals surface area (Å²) in [6, 6.07) is 4.82. The van der Waals surface area contributed by atoms with E-state index in [1.165, 1.54) is 6.07 Å². The molecular weight excluding hydrogens is 284 g/mol. The SMILES string of the molecule is NC1CCCC1NC(=O)c1cc(Br)ccc1O. The number of hydrogen-bond donors (Lipinski definition) is 3. The summed E-state index contributed by atoms with van der Waals surface area (Å²) in [5.41, 5.74) is 6.16. The maximum absolute atomic E-state index is 12.0. The van der Waals surface area contributed by atoms with E-state index in [0.29, 0.717) is 0 Å². The van der Waals surface area contributed by atoms with E-state index in [0.717, 1.165) is 23.7 Å². The second kappa shape index (κ2) is 5.06. The molecule has 2 atom stereocenters. The van der Waals surface area contributed by atoms with Crippen LogP contribution in [0.5, 0.6) is 5.75 Å². The number of carbonyl (C=O) groups excluding carboxylic acids is 1. The predicted molar refractivity (Wildman–Crippen MR) is 68.9 cm³/mol. The minimum atomic E-state index is -0.272. The van der Waals surface area contributed by atoms with E-state index in [-0.39, 0.29) is 29.3 Å². The molecular formula is C12H15BrN2O2. The van der Waals surface area contributed by atoms with Crippen LogP contribution in [0.2, 0.25) is 0 Å². The largest absolute Gasteiger partial charge is 0.507 e. The topological polar surface area (TPSA) is 75.3 Å². The minimum Gasteiger partial charge on any atom is -0.507 e. The Labute approximate surface area is 108 Å². The summed E-state index contributed by atoms with van der Waals surface area (Å²) in [6.45, 7) is 0. The molecule has 0 saturated heterocycles. The van der Waals surface area contributed by atoms with Gasteiger partial charge in [-0.15, -0.1) is 0 Å². The van der Waals surface area contributed by atoms with Crippen LogP contribution in [-0.4, -0.2) is 23.1 Å². The smallest absolute Gasteiger partial charge is 0.255 e. The molecule has 4 N–H and O–H groups in total. The Morgan fingerprint density at radius 3 is 2.88 bits per heavy atom. The third-order valence-corrected chi connectivity index (χ3v) is 3.58. The second-order valence-corrected chi connectivity index (χ2v) is 5.25. The van der Waals surface area contributed by atoms with Gasteiger partial charge in [-0.1, -0.05) is 15.9 Å². The Hall–Kier alpha value is -1.07. The van der Waals surface area contributed by atoms with Crippen molar-refractivity contribution in [3.8, 4) is 5.75 Å². The third-order valence-electron chi connectivity index (χ3n) is 3.09. The number of halogens is 1. The van der Waals surface area contributed by atoms with Crippen LogP contribution in [0.1, 0.15) is 29.6 Å². The number of nitrogens with two attached hydrogens (primary N) is 1. The molecule has 1 aromatic carbocycles. The van der Waals surface area contributed by atoms with Gasteiger partial charge < -0.3 is 16.2 Å². The van der Waals surface area contributed by atoms with Gasteiger partial charge in [0.15, 0.2) is 0 Å². The highest BCUT2D eigenvalue weighted by Crippen LogP contribution is 2.23. The number of phenolic OH excluding ortho intramolecular Hbond substituents is 1. The third kappa shape index (κ3) is 2.79. The molecule has 2 unspecified atom stereocenters. The van der Waals surface area contributed by atoms with Gasteiger partial charge in [-0.2, -0.15) is 0 Å². The van der Waals surface area contributed by atoms with Gasteiger partial charge in [0.25, 0.3) is 5.91 Å². The monoisotopic (exact) mass is 298 g/mol. The summed E-state index contributed by atoms with van der Waals surface area (Å²) in [5.74, 6) is -0.289. The molecule has 5 heteroatoms. The second-order valence-electron chi connectivity index (χ2n) is 4.34. The summed E-state index contributed by atoms with van der Waals surface area (Å²) in [7, 11) is 0. The van der Waals surface area contributed by atoms with E-state index in [4.69, 9.17) is 5.73 Å². The molecule has 17 heavy (non-hydrogen) atoms. The van der Waals surface area contributed by atoms with Crippen LogP contribution in [0, 0.1) is 0 Å². The van der Waals surface area contributed by atoms with Crippen molar-refractivity contribution < 1.29 is 9.90 Å². The summed E-state index contributed by atoms with van der Waals surface area (Å²) < 4.78 is 0.760. The number of phenols is 1. The molecule has 1 aliphatic rings. The average Bonchev–Trinajstić information content (AvgIpc) is 2.68. The number of rotatable bonds is 2. The number of nitrogens with one attached hydrogen (secondary N) is 1. The molecule has 0 heterocycles. The molecule has 1 saturated carbocycles. The van der Waals surface area contributed by atoms with Gasteiger partial charge in [0.1, 0.15) is 5.75 Å². The van der Waals surface area contributed by atoms with Crippen LogP contribution in [0.25, 0.3) is 0 Å². The lowest BCUT2D eigenvalue weighted by atomic mass is 10.1. The van der Waals surface area contributed by atoms with Gasteiger partial charge in [-0.25, -0.2) is 0 Å². The molecule has 92 valence electrons. The van der Waals surface area contributed by atoms with E-state index in [1.807, 2.05) is 0 Å². The van der Waals surface area contributed by atoms with Crippen LogP contribution >= 0.6 is 15.9 Å². The van der Waals surface area contributed by atoms with Crippen LogP contribution < -0.4 is 11.1 Å². The minimum absolute atomic E-state index is 0.0147. The number of aromatic hydroxyl groups is 1. The van der Waals surface area contributed by atoms with Gasteiger partial charge in [0, 0.05) is 16.6 Å². The molecule has 0 spiro atoms. The quantitative estimate of drug-likeness (QED) is 0.779. The fraction of sp³-hybridized carbons (Fsp3) is 0.417. The molecule has 0 bridgehead atoms. The summed E-state index contributed by atoms with van der Waals surface area (Å²) in [5, 5.41) is 12.5. The van der Waals surface area contributed by atoms with Crippen LogP contribution in [0.4, 0.5) is 0 Å². The predicted octanol–water partition coefficient (Wildman–Crippen LogP) is 1.76. The summed E-state index contributed by atoms with van der Waals surface area (Å²) in [6.07, 6.45) is 2.88. The Kier molecular flexibility index (Phi) is 3.69. The fourth-order valence-corrected chi connectivity index (χ4v) is 2.47. The molecule has 0 aliphatic heterocycles. The Morgan fingerprint density at radius 2 is 2.24 bits per heavy atom. The van der Waals surface area contributed by atoms with Crippen molar-refractivity contribution in [3.05, 3.63) is 28.2 Å². The molecule has 0 aromatic heterocycles. The Balaban J connectivity index is 2.11. The van der Waals surface area contributed by atoms with E-state index in [1.54, 1.807) is 12.1 Å². The van der Waals surface area contributed by atoms with E-state index < -0.39 is 0 Å². The zero-order valence-electron chi connectivity index (χ0n) is 9.32. The van der Waals surface area contributed by atoms with Crippen molar-refractivity contribution in [2.75, 3.05) is 0 Å². The van der Waals surface area contributed by atoms with Gasteiger partial charge >= 0.3 is 0 Å². The molecule has 1 amide bonds. The number of benzene rings is 1. The highest BCUT2D eigenvalue weighted by Gasteiger charge is 2.26. The normalized spacial score (nSPS) is 23.6. The molecule has 1 aromatic rings. The van der Waals surface area contributed by atoms with Gasteiger partial charge in [-0.3, -0.25) is 4.79 Å². The van der Waals surface area contributed by atoms with Crippen molar-refractivity contribution in [2.24, 2.45) is 5.73 Å². The van der Waals surface area contributed by atoms with Crippen LogP contribution in [0.3, 0.4) is 0 Å². The van der Waals surface area contributed by atoms with E-state index >= 15 is 0 Å². The zero-order chi connectivity index (χ0) is 12.4. The zero-order valence-corrected chi connectivity index (χ0v) is 10.9. The molecule has 4 nitrogen and oxygen atoms in total. The maximum atomic E-state index is 12.0. The lowest BCUT2D eigenvalue weighted by molar-refractivity contribution is 0.0932. The van der Waals surface area contributed by atoms with Crippen molar-refractivity contribution >= 4 is 21.8 Å². The van der Waals surface area contributed by atoms with Crippen molar-refractivity contribution in [2.45, 2.75) is 31.3 Å². The Morgan fingerprint density at radius 1 is 1.47 bits per heavy atom. The first-order valence-corrected chi connectivity index (χ1v) is 6.42. The summed E-state index contributed by atoms with van der Waals surface area (Å²) in [4.78, 5) is 12.0. The van der Waals surface area contributed by atoms with Gasteiger partial charge in [0.05, 0.1) is 5.56 Å². The molecule has 2 rings (SSSR count). The van der Waals surface area contributed by atoms with E-state index in [2.05, 4.69) is 21.2 Å². The molecule has 0 radical (unpaired) electrons. The van der Waals surface area contributed by atoms with Crippen LogP contribution in [0.15, 0.2) is 22.7 Å².